The molecule has 0 aliphatic carbocycles. The Hall–Kier alpha value is -2.36. The number of rotatable bonds is 4. The number of hydrogen-bond donors (Lipinski definition) is 1. The third-order valence-electron chi connectivity index (χ3n) is 3.51. The lowest BCUT2D eigenvalue weighted by Gasteiger charge is -2.08. The second-order valence-corrected chi connectivity index (χ2v) is 5.16. The summed E-state index contributed by atoms with van der Waals surface area (Å²) in [5.74, 6) is 0.892. The number of halogens is 1. The van der Waals surface area contributed by atoms with Crippen LogP contribution in [-0.2, 0) is 13.0 Å². The summed E-state index contributed by atoms with van der Waals surface area (Å²) in [5, 5.41) is 9.56. The maximum atomic E-state index is 13.5. The van der Waals surface area contributed by atoms with Crippen molar-refractivity contribution in [3.05, 3.63) is 59.7 Å². The van der Waals surface area contributed by atoms with Gasteiger partial charge in [0.15, 0.2) is 0 Å². The summed E-state index contributed by atoms with van der Waals surface area (Å²) in [7, 11) is 0. The van der Waals surface area contributed by atoms with E-state index in [2.05, 4.69) is 16.5 Å². The van der Waals surface area contributed by atoms with E-state index in [1.54, 1.807) is 18.2 Å². The summed E-state index contributed by atoms with van der Waals surface area (Å²) in [5.41, 5.74) is 2.62. The summed E-state index contributed by atoms with van der Waals surface area (Å²) in [6.45, 7) is 2.89. The number of benzene rings is 2. The molecule has 0 unspecified atom stereocenters. The van der Waals surface area contributed by atoms with Gasteiger partial charge < -0.3 is 9.67 Å². The number of phenolic OH excluding ortho intramolecular Hbond substituents is 1. The number of phenols is 1. The fourth-order valence-electron chi connectivity index (χ4n) is 2.60. The summed E-state index contributed by atoms with van der Waals surface area (Å²) < 4.78 is 15.5. The molecule has 2 aromatic carbocycles. The molecule has 0 fully saturated rings. The summed E-state index contributed by atoms with van der Waals surface area (Å²) in [6, 6.07) is 11.8. The Morgan fingerprint density at radius 1 is 1.19 bits per heavy atom. The lowest BCUT2D eigenvalue weighted by Crippen LogP contribution is -2.04. The van der Waals surface area contributed by atoms with Gasteiger partial charge in [-0.2, -0.15) is 0 Å². The van der Waals surface area contributed by atoms with Gasteiger partial charge >= 0.3 is 0 Å². The largest absolute Gasteiger partial charge is 0.508 e. The minimum Gasteiger partial charge on any atom is -0.508 e. The molecule has 3 nitrogen and oxygen atoms in total. The Morgan fingerprint density at radius 3 is 2.81 bits per heavy atom. The molecular weight excluding hydrogens is 267 g/mol. The molecule has 0 atom stereocenters. The molecule has 0 bridgehead atoms. The highest BCUT2D eigenvalue weighted by molar-refractivity contribution is 5.76. The molecule has 0 spiro atoms. The molecule has 0 saturated carbocycles. The maximum Gasteiger partial charge on any atom is 0.125 e. The second kappa shape index (κ2) is 5.56. The molecule has 108 valence electrons. The van der Waals surface area contributed by atoms with E-state index in [1.165, 1.54) is 12.1 Å². The molecule has 0 saturated heterocycles. The number of imidazole rings is 1. The first-order chi connectivity index (χ1) is 10.2. The van der Waals surface area contributed by atoms with Crippen molar-refractivity contribution >= 4 is 11.0 Å². The van der Waals surface area contributed by atoms with Crippen LogP contribution in [-0.4, -0.2) is 14.7 Å². The van der Waals surface area contributed by atoms with Gasteiger partial charge in [0.25, 0.3) is 0 Å². The van der Waals surface area contributed by atoms with Gasteiger partial charge in [0.1, 0.15) is 17.4 Å². The molecule has 0 radical (unpaired) electrons. The van der Waals surface area contributed by atoms with Crippen molar-refractivity contribution in [1.82, 2.24) is 9.55 Å². The van der Waals surface area contributed by atoms with E-state index in [9.17, 15) is 9.50 Å². The van der Waals surface area contributed by atoms with E-state index < -0.39 is 0 Å². The lowest BCUT2D eigenvalue weighted by atomic mass is 10.1. The van der Waals surface area contributed by atoms with Crippen LogP contribution in [0, 0.1) is 5.82 Å². The molecule has 0 amide bonds. The van der Waals surface area contributed by atoms with Crippen LogP contribution >= 0.6 is 0 Å². The van der Waals surface area contributed by atoms with Gasteiger partial charge in [0.05, 0.1) is 11.0 Å². The normalized spacial score (nSPS) is 11.1. The predicted octanol–water partition coefficient (Wildman–Crippen LogP) is 3.88. The van der Waals surface area contributed by atoms with Crippen LogP contribution in [0.3, 0.4) is 0 Å². The molecular formula is C17H17FN2O. The highest BCUT2D eigenvalue weighted by Gasteiger charge is 2.11. The molecule has 0 aliphatic rings. The third-order valence-corrected chi connectivity index (χ3v) is 3.51. The Bertz CT molecular complexity index is 780. The Labute approximate surface area is 122 Å². The summed E-state index contributed by atoms with van der Waals surface area (Å²) in [6.07, 6.45) is 1.57. The van der Waals surface area contributed by atoms with E-state index >= 15 is 0 Å². The van der Waals surface area contributed by atoms with Gasteiger partial charge in [0, 0.05) is 13.0 Å². The van der Waals surface area contributed by atoms with Crippen molar-refractivity contribution in [2.45, 2.75) is 26.3 Å². The minimum absolute atomic E-state index is 0.247. The van der Waals surface area contributed by atoms with E-state index in [1.807, 2.05) is 12.1 Å². The molecule has 1 aromatic heterocycles. The Morgan fingerprint density at radius 2 is 2.05 bits per heavy atom. The fourth-order valence-corrected chi connectivity index (χ4v) is 2.60. The van der Waals surface area contributed by atoms with Crippen molar-refractivity contribution < 1.29 is 9.50 Å². The van der Waals surface area contributed by atoms with Gasteiger partial charge in [-0.3, -0.25) is 0 Å². The van der Waals surface area contributed by atoms with Crippen LogP contribution in [0.15, 0.2) is 42.5 Å². The average Bonchev–Trinajstić information content (AvgIpc) is 2.77. The fraction of sp³-hybridized carbons (Fsp3) is 0.235. The first-order valence-electron chi connectivity index (χ1n) is 7.10. The highest BCUT2D eigenvalue weighted by Crippen LogP contribution is 2.21. The van der Waals surface area contributed by atoms with Gasteiger partial charge in [0.2, 0.25) is 0 Å². The number of fused-ring (bicyclic) bond motifs is 1. The predicted molar refractivity (Wildman–Crippen MR) is 80.9 cm³/mol. The zero-order chi connectivity index (χ0) is 14.8. The second-order valence-electron chi connectivity index (χ2n) is 5.16. The van der Waals surface area contributed by atoms with Crippen LogP contribution < -0.4 is 0 Å². The maximum absolute atomic E-state index is 13.5. The van der Waals surface area contributed by atoms with Gasteiger partial charge in [-0.1, -0.05) is 19.1 Å². The molecule has 21 heavy (non-hydrogen) atoms. The SMILES string of the molecule is CCCn1c(Cc2cccc(O)c2)nc2ccc(F)cc21. The van der Waals surface area contributed by atoms with Crippen LogP contribution in [0.1, 0.15) is 24.7 Å². The monoisotopic (exact) mass is 284 g/mol. The topological polar surface area (TPSA) is 38.0 Å². The highest BCUT2D eigenvalue weighted by atomic mass is 19.1. The van der Waals surface area contributed by atoms with E-state index in [-0.39, 0.29) is 11.6 Å². The number of aromatic nitrogens is 2. The van der Waals surface area contributed by atoms with Crippen molar-refractivity contribution in [3.8, 4) is 5.75 Å². The Kier molecular flexibility index (Phi) is 3.60. The van der Waals surface area contributed by atoms with E-state index in [0.29, 0.717) is 6.42 Å². The first-order valence-corrected chi connectivity index (χ1v) is 7.10. The standard InChI is InChI=1S/C17H17FN2O/c1-2-8-20-16-11-13(18)6-7-15(16)19-17(20)10-12-4-3-5-14(21)9-12/h3-7,9,11,21H,2,8,10H2,1H3. The molecule has 3 aromatic rings. The van der Waals surface area contributed by atoms with Crippen molar-refractivity contribution in [1.29, 1.82) is 0 Å². The molecule has 4 heteroatoms. The zero-order valence-corrected chi connectivity index (χ0v) is 11.9. The number of aromatic hydroxyl groups is 1. The van der Waals surface area contributed by atoms with Gasteiger partial charge in [-0.25, -0.2) is 9.37 Å². The van der Waals surface area contributed by atoms with Crippen molar-refractivity contribution in [2.24, 2.45) is 0 Å². The zero-order valence-electron chi connectivity index (χ0n) is 11.9. The molecule has 1 heterocycles. The lowest BCUT2D eigenvalue weighted by molar-refractivity contribution is 0.474. The van der Waals surface area contributed by atoms with Crippen molar-refractivity contribution in [2.75, 3.05) is 0 Å². The molecule has 1 N–H and O–H groups in total. The molecule has 3 rings (SSSR count). The quantitative estimate of drug-likeness (QED) is 0.789. The van der Waals surface area contributed by atoms with Crippen molar-refractivity contribution in [3.63, 3.8) is 0 Å². The number of hydrogen-bond acceptors (Lipinski definition) is 2. The molecule has 0 aliphatic heterocycles. The van der Waals surface area contributed by atoms with Crippen LogP contribution in [0.25, 0.3) is 11.0 Å². The number of aryl methyl sites for hydroxylation is 1. The van der Waals surface area contributed by atoms with E-state index in [4.69, 9.17) is 0 Å². The van der Waals surface area contributed by atoms with E-state index in [0.717, 1.165) is 35.4 Å². The van der Waals surface area contributed by atoms with Gasteiger partial charge in [-0.05, 0) is 42.3 Å². The van der Waals surface area contributed by atoms with Crippen LogP contribution in [0.5, 0.6) is 5.75 Å². The number of nitrogens with zero attached hydrogens (tertiary/aromatic N) is 2. The minimum atomic E-state index is -0.247. The summed E-state index contributed by atoms with van der Waals surface area (Å²) >= 11 is 0. The average molecular weight is 284 g/mol. The third kappa shape index (κ3) is 2.75. The summed E-state index contributed by atoms with van der Waals surface area (Å²) in [4.78, 5) is 4.61. The Balaban J connectivity index is 2.06. The van der Waals surface area contributed by atoms with Crippen LogP contribution in [0.4, 0.5) is 4.39 Å². The smallest absolute Gasteiger partial charge is 0.125 e. The van der Waals surface area contributed by atoms with Gasteiger partial charge in [-0.15, -0.1) is 0 Å². The first kappa shape index (κ1) is 13.6. The van der Waals surface area contributed by atoms with Crippen LogP contribution in [0.2, 0.25) is 0 Å².